The van der Waals surface area contributed by atoms with Crippen LogP contribution in [-0.4, -0.2) is 43.4 Å². The van der Waals surface area contributed by atoms with Crippen molar-refractivity contribution in [2.75, 3.05) is 7.11 Å². The standard InChI is InChI=1S/C37H46ClNO6S/c1-23-6-4-16-37(45-3,22-34(40)41)33-12-10-27(33)18-29-21-36(15-5-7-26-19-30(38)11-13-32(26)36)17-14-25-8-9-28(20-31(25)29)35(42)39-46(43,44)24(23)2/h4,8-9,11,13,16,19-20,23-24,27,29,33H,5-7,10,12,14-15,17-18,21-22H2,1-3H3,(H,39,42)(H,40,41)/b16-4+/t23-,24+,27-,29?,33+,36+,37-/m0/s1. The van der Waals surface area contributed by atoms with Crippen molar-refractivity contribution in [3.8, 4) is 0 Å². The first-order chi connectivity index (χ1) is 21.9. The highest BCUT2D eigenvalue weighted by molar-refractivity contribution is 7.90. The molecule has 4 aliphatic rings. The van der Waals surface area contributed by atoms with Crippen LogP contribution in [-0.2, 0) is 37.8 Å². The third-order valence-corrected chi connectivity index (χ3v) is 14.1. The number of hydrogen-bond donors (Lipinski definition) is 2. The highest BCUT2D eigenvalue weighted by Gasteiger charge is 2.50. The van der Waals surface area contributed by atoms with Crippen molar-refractivity contribution in [1.82, 2.24) is 4.72 Å². The second-order valence-corrected chi connectivity index (χ2v) is 16.9. The molecule has 1 fully saturated rings. The summed E-state index contributed by atoms with van der Waals surface area (Å²) in [4.78, 5) is 25.7. The Morgan fingerprint density at radius 3 is 2.61 bits per heavy atom. The summed E-state index contributed by atoms with van der Waals surface area (Å²) in [5, 5.41) is 9.94. The lowest BCUT2D eigenvalue weighted by Gasteiger charge is -2.49. The Morgan fingerprint density at radius 2 is 1.89 bits per heavy atom. The Kier molecular flexibility index (Phi) is 9.20. The van der Waals surface area contributed by atoms with Crippen molar-refractivity contribution in [2.24, 2.45) is 17.8 Å². The van der Waals surface area contributed by atoms with Crippen molar-refractivity contribution in [1.29, 1.82) is 0 Å². The molecule has 1 aliphatic heterocycles. The number of hydrogen-bond acceptors (Lipinski definition) is 5. The number of ether oxygens (including phenoxy) is 1. The predicted molar refractivity (Wildman–Crippen MR) is 180 cm³/mol. The Bertz CT molecular complexity index is 1650. The highest BCUT2D eigenvalue weighted by Crippen LogP contribution is 2.55. The number of nitrogens with one attached hydrogen (secondary N) is 1. The molecule has 2 N–H and O–H groups in total. The zero-order valence-electron chi connectivity index (χ0n) is 27.1. The minimum atomic E-state index is -3.97. The molecule has 0 aromatic heterocycles. The zero-order chi connectivity index (χ0) is 32.9. The third-order valence-electron chi connectivity index (χ3n) is 12.0. The van der Waals surface area contributed by atoms with E-state index in [1.165, 1.54) is 16.7 Å². The first-order valence-corrected chi connectivity index (χ1v) is 18.7. The molecule has 0 saturated heterocycles. The number of aliphatic carboxylic acids is 1. The van der Waals surface area contributed by atoms with Gasteiger partial charge in [-0.1, -0.05) is 42.8 Å². The van der Waals surface area contributed by atoms with E-state index in [1.807, 2.05) is 37.3 Å². The molecule has 2 aromatic rings. The van der Waals surface area contributed by atoms with Crippen LogP contribution in [0.2, 0.25) is 5.02 Å². The third kappa shape index (κ3) is 6.17. The smallest absolute Gasteiger partial charge is 0.306 e. The Morgan fingerprint density at radius 1 is 1.09 bits per heavy atom. The number of carboxylic acid groups (broad SMARTS) is 1. The quantitative estimate of drug-likeness (QED) is 0.331. The van der Waals surface area contributed by atoms with Crippen LogP contribution in [0.3, 0.4) is 0 Å². The van der Waals surface area contributed by atoms with Gasteiger partial charge in [0, 0.05) is 17.7 Å². The lowest BCUT2D eigenvalue weighted by atomic mass is 9.58. The summed E-state index contributed by atoms with van der Waals surface area (Å²) in [7, 11) is -2.37. The van der Waals surface area contributed by atoms with Crippen LogP contribution < -0.4 is 4.72 Å². The SMILES string of the molecule is CO[C@]1(CC(=O)O)/C=C/C[C@H](C)[C@@H](C)S(=O)(=O)NC(=O)c2ccc3c(c2)C(C[C@@H]2CC[C@H]21)C[C@@]1(CCCc2cc(Cl)ccc21)CC3. The van der Waals surface area contributed by atoms with Crippen molar-refractivity contribution >= 4 is 33.5 Å². The van der Waals surface area contributed by atoms with Gasteiger partial charge < -0.3 is 9.84 Å². The summed E-state index contributed by atoms with van der Waals surface area (Å²) in [5.74, 6) is -1.47. The van der Waals surface area contributed by atoms with Gasteiger partial charge in [-0.3, -0.25) is 9.59 Å². The van der Waals surface area contributed by atoms with Gasteiger partial charge >= 0.3 is 5.97 Å². The molecule has 1 heterocycles. The van der Waals surface area contributed by atoms with Gasteiger partial charge in [-0.2, -0.15) is 0 Å². The van der Waals surface area contributed by atoms with E-state index in [0.717, 1.165) is 68.4 Å². The van der Waals surface area contributed by atoms with E-state index in [4.69, 9.17) is 16.3 Å². The average molecular weight is 668 g/mol. The van der Waals surface area contributed by atoms with Gasteiger partial charge in [0.05, 0.1) is 17.3 Å². The molecule has 9 heteroatoms. The summed E-state index contributed by atoms with van der Waals surface area (Å²) < 4.78 is 35.2. The molecule has 46 heavy (non-hydrogen) atoms. The average Bonchev–Trinajstić information content (AvgIpc) is 3.14. The van der Waals surface area contributed by atoms with Crippen LogP contribution in [0, 0.1) is 17.8 Å². The molecule has 7 atom stereocenters. The number of halogens is 1. The number of aryl methyl sites for hydroxylation is 2. The van der Waals surface area contributed by atoms with Crippen LogP contribution in [0.1, 0.15) is 110 Å². The number of carbonyl (C=O) groups is 2. The number of allylic oxidation sites excluding steroid dienone is 1. The molecule has 6 rings (SSSR count). The van der Waals surface area contributed by atoms with Gasteiger partial charge in [-0.15, -0.1) is 0 Å². The van der Waals surface area contributed by atoms with E-state index in [9.17, 15) is 23.1 Å². The maximum atomic E-state index is 13.5. The normalized spacial score (nSPS) is 34.7. The molecular formula is C37H46ClNO6S. The van der Waals surface area contributed by atoms with E-state index >= 15 is 0 Å². The van der Waals surface area contributed by atoms with Crippen molar-refractivity contribution < 1.29 is 27.9 Å². The topological polar surface area (TPSA) is 110 Å². The van der Waals surface area contributed by atoms with Crippen LogP contribution in [0.15, 0.2) is 48.6 Å². The zero-order valence-corrected chi connectivity index (χ0v) is 28.6. The lowest BCUT2D eigenvalue weighted by Crippen LogP contribution is -2.49. The van der Waals surface area contributed by atoms with Crippen LogP contribution in [0.25, 0.3) is 0 Å². The number of sulfonamides is 1. The fraction of sp³-hybridized carbons (Fsp3) is 0.568. The van der Waals surface area contributed by atoms with E-state index < -0.39 is 32.8 Å². The maximum absolute atomic E-state index is 13.5. The second-order valence-electron chi connectivity index (χ2n) is 14.5. The van der Waals surface area contributed by atoms with Gasteiger partial charge in [0.2, 0.25) is 10.0 Å². The summed E-state index contributed by atoms with van der Waals surface area (Å²) in [6.07, 6.45) is 12.7. The van der Waals surface area contributed by atoms with Gasteiger partial charge in [-0.05, 0) is 147 Å². The Hall–Kier alpha value is -2.68. The first kappa shape index (κ1) is 33.2. The largest absolute Gasteiger partial charge is 0.481 e. The number of fused-ring (bicyclic) bond motifs is 4. The Balaban J connectivity index is 1.47. The molecule has 1 spiro atoms. The fourth-order valence-corrected chi connectivity index (χ4v) is 10.6. The number of methoxy groups -OCH3 is 1. The number of rotatable bonds is 3. The van der Waals surface area contributed by atoms with Gasteiger partial charge in [0.15, 0.2) is 0 Å². The van der Waals surface area contributed by atoms with Crippen LogP contribution in [0.5, 0.6) is 0 Å². The van der Waals surface area contributed by atoms with Gasteiger partial charge in [0.25, 0.3) is 5.91 Å². The number of carbonyl (C=O) groups excluding carboxylic acids is 1. The summed E-state index contributed by atoms with van der Waals surface area (Å²) in [6, 6.07) is 12.1. The Labute approximate surface area is 278 Å². The van der Waals surface area contributed by atoms with Crippen molar-refractivity contribution in [3.63, 3.8) is 0 Å². The molecule has 7 nitrogen and oxygen atoms in total. The van der Waals surface area contributed by atoms with Crippen molar-refractivity contribution in [3.05, 3.63) is 81.4 Å². The summed E-state index contributed by atoms with van der Waals surface area (Å²) in [5.41, 5.74) is 4.33. The van der Waals surface area contributed by atoms with Crippen molar-refractivity contribution in [2.45, 2.75) is 107 Å². The fourth-order valence-electron chi connectivity index (χ4n) is 9.08. The minimum absolute atomic E-state index is 0.0146. The second kappa shape index (κ2) is 12.7. The molecule has 248 valence electrons. The molecule has 3 aliphatic carbocycles. The van der Waals surface area contributed by atoms with E-state index in [1.54, 1.807) is 20.1 Å². The number of carboxylic acids is 1. The first-order valence-electron chi connectivity index (χ1n) is 16.8. The molecule has 1 amide bonds. The molecule has 0 radical (unpaired) electrons. The summed E-state index contributed by atoms with van der Waals surface area (Å²) >= 11 is 6.45. The van der Waals surface area contributed by atoms with Crippen LogP contribution >= 0.6 is 11.6 Å². The van der Waals surface area contributed by atoms with E-state index in [-0.39, 0.29) is 35.5 Å². The van der Waals surface area contributed by atoms with E-state index in [2.05, 4.69) is 16.9 Å². The highest BCUT2D eigenvalue weighted by atomic mass is 35.5. The number of amides is 1. The maximum Gasteiger partial charge on any atom is 0.306 e. The van der Waals surface area contributed by atoms with E-state index in [0.29, 0.717) is 12.0 Å². The molecule has 2 bridgehead atoms. The number of benzene rings is 2. The lowest BCUT2D eigenvalue weighted by molar-refractivity contribution is -0.149. The monoisotopic (exact) mass is 667 g/mol. The van der Waals surface area contributed by atoms with Gasteiger partial charge in [0.1, 0.15) is 0 Å². The predicted octanol–water partition coefficient (Wildman–Crippen LogP) is 7.35. The molecular weight excluding hydrogens is 622 g/mol. The minimum Gasteiger partial charge on any atom is -0.481 e. The molecule has 1 unspecified atom stereocenters. The van der Waals surface area contributed by atoms with Gasteiger partial charge in [-0.25, -0.2) is 13.1 Å². The molecule has 2 aromatic carbocycles. The molecule has 1 saturated carbocycles. The summed E-state index contributed by atoms with van der Waals surface area (Å²) in [6.45, 7) is 3.45. The van der Waals surface area contributed by atoms with Crippen LogP contribution in [0.4, 0.5) is 0 Å².